The van der Waals surface area contributed by atoms with E-state index < -0.39 is 5.97 Å². The number of hydrogen-bond donors (Lipinski definition) is 1. The van der Waals surface area contributed by atoms with Crippen LogP contribution >= 0.6 is 11.6 Å². The predicted octanol–water partition coefficient (Wildman–Crippen LogP) is 7.86. The maximum absolute atomic E-state index is 10.4. The van der Waals surface area contributed by atoms with Crippen LogP contribution in [0, 0.1) is 0 Å². The van der Waals surface area contributed by atoms with E-state index in [0.29, 0.717) is 6.42 Å². The highest BCUT2D eigenvalue weighted by atomic mass is 35.5. The molecule has 0 saturated heterocycles. The molecule has 2 nitrogen and oxygen atoms in total. The van der Waals surface area contributed by atoms with Crippen LogP contribution in [0.25, 0.3) is 0 Å². The van der Waals surface area contributed by atoms with Crippen molar-refractivity contribution < 1.29 is 9.90 Å². The van der Waals surface area contributed by atoms with Crippen molar-refractivity contribution in [1.82, 2.24) is 0 Å². The first kappa shape index (κ1) is 22.8. The van der Waals surface area contributed by atoms with Gasteiger partial charge in [-0.05, 0) is 25.7 Å². The number of carbonyl (C=O) groups is 1. The quantitative estimate of drug-likeness (QED) is 0.221. The van der Waals surface area contributed by atoms with Crippen LogP contribution in [0.1, 0.15) is 128 Å². The minimum atomic E-state index is -0.656. The van der Waals surface area contributed by atoms with Gasteiger partial charge in [-0.3, -0.25) is 4.79 Å². The second-order valence-corrected chi connectivity index (χ2v) is 9.00. The summed E-state index contributed by atoms with van der Waals surface area (Å²) >= 11 is 6.71. The topological polar surface area (TPSA) is 37.3 Å². The fourth-order valence-electron chi connectivity index (χ4n) is 4.10. The number of alkyl halides is 1. The summed E-state index contributed by atoms with van der Waals surface area (Å²) in [5, 5.41) is 8.57. The highest BCUT2D eigenvalue weighted by Gasteiger charge is 2.28. The lowest BCUT2D eigenvalue weighted by molar-refractivity contribution is -0.137. The van der Waals surface area contributed by atoms with E-state index in [1.54, 1.807) is 0 Å². The third-order valence-electron chi connectivity index (χ3n) is 5.77. The molecular weight excluding hydrogens is 332 g/mol. The van der Waals surface area contributed by atoms with Crippen LogP contribution in [0.3, 0.4) is 0 Å². The largest absolute Gasteiger partial charge is 0.481 e. The number of rotatable bonds is 16. The molecule has 25 heavy (non-hydrogen) atoms. The van der Waals surface area contributed by atoms with E-state index in [4.69, 9.17) is 16.7 Å². The Bertz CT molecular complexity index is 324. The highest BCUT2D eigenvalue weighted by Crippen LogP contribution is 2.38. The van der Waals surface area contributed by atoms with E-state index >= 15 is 0 Å². The Hall–Kier alpha value is -0.240. The fourth-order valence-corrected chi connectivity index (χ4v) is 4.50. The second kappa shape index (κ2) is 14.9. The van der Waals surface area contributed by atoms with E-state index in [-0.39, 0.29) is 4.87 Å². The molecule has 1 aliphatic carbocycles. The third kappa shape index (κ3) is 13.6. The predicted molar refractivity (Wildman–Crippen MR) is 109 cm³/mol. The fraction of sp³-hybridized carbons (Fsp3) is 0.955. The van der Waals surface area contributed by atoms with Crippen LogP contribution in [0.2, 0.25) is 0 Å². The van der Waals surface area contributed by atoms with Crippen molar-refractivity contribution in [3.63, 3.8) is 0 Å². The molecule has 0 aromatic carbocycles. The average Bonchev–Trinajstić information content (AvgIpc) is 2.58. The van der Waals surface area contributed by atoms with Crippen molar-refractivity contribution in [1.29, 1.82) is 0 Å². The van der Waals surface area contributed by atoms with E-state index in [1.165, 1.54) is 109 Å². The Labute approximate surface area is 161 Å². The molecule has 3 heteroatoms. The summed E-state index contributed by atoms with van der Waals surface area (Å²) in [4.78, 5) is 10.6. The van der Waals surface area contributed by atoms with Gasteiger partial charge in [0, 0.05) is 11.3 Å². The lowest BCUT2D eigenvalue weighted by Crippen LogP contribution is -2.24. The van der Waals surface area contributed by atoms with E-state index in [9.17, 15) is 4.79 Å². The van der Waals surface area contributed by atoms with Crippen molar-refractivity contribution in [2.45, 2.75) is 133 Å². The van der Waals surface area contributed by atoms with Gasteiger partial charge in [0.05, 0.1) is 0 Å². The molecule has 0 unspecified atom stereocenters. The number of carboxylic acid groups (broad SMARTS) is 1. The number of halogens is 1. The van der Waals surface area contributed by atoms with Crippen molar-refractivity contribution in [3.8, 4) is 0 Å². The van der Waals surface area contributed by atoms with Crippen molar-refractivity contribution in [2.24, 2.45) is 0 Å². The van der Waals surface area contributed by atoms with Gasteiger partial charge in [-0.1, -0.05) is 96.3 Å². The molecule has 148 valence electrons. The van der Waals surface area contributed by atoms with E-state index in [1.807, 2.05) is 0 Å². The summed E-state index contributed by atoms with van der Waals surface area (Å²) in [5.74, 6) is -0.656. The molecule has 1 saturated carbocycles. The van der Waals surface area contributed by atoms with Crippen LogP contribution in [0.15, 0.2) is 0 Å². The first-order valence-electron chi connectivity index (χ1n) is 11.0. The first-order chi connectivity index (χ1) is 12.1. The molecule has 0 heterocycles. The molecule has 0 aromatic heterocycles. The lowest BCUT2D eigenvalue weighted by atomic mass is 9.84. The highest BCUT2D eigenvalue weighted by molar-refractivity contribution is 6.23. The summed E-state index contributed by atoms with van der Waals surface area (Å²) < 4.78 is 0. The maximum atomic E-state index is 10.4. The van der Waals surface area contributed by atoms with Gasteiger partial charge < -0.3 is 5.11 Å². The van der Waals surface area contributed by atoms with Gasteiger partial charge in [0.25, 0.3) is 0 Å². The van der Waals surface area contributed by atoms with Crippen LogP contribution in [0.5, 0.6) is 0 Å². The van der Waals surface area contributed by atoms with Gasteiger partial charge in [0.1, 0.15) is 0 Å². The van der Waals surface area contributed by atoms with Crippen LogP contribution in [0.4, 0.5) is 0 Å². The molecule has 0 radical (unpaired) electrons. The Kier molecular flexibility index (Phi) is 13.6. The van der Waals surface area contributed by atoms with Crippen molar-refractivity contribution in [3.05, 3.63) is 0 Å². The average molecular weight is 373 g/mol. The van der Waals surface area contributed by atoms with Crippen molar-refractivity contribution in [2.75, 3.05) is 0 Å². The van der Waals surface area contributed by atoms with E-state index in [2.05, 4.69) is 0 Å². The molecule has 0 atom stereocenters. The normalized spacial score (nSPS) is 16.8. The number of aliphatic carboxylic acids is 1. The third-order valence-corrected chi connectivity index (χ3v) is 6.33. The van der Waals surface area contributed by atoms with Crippen LogP contribution in [-0.4, -0.2) is 16.0 Å². The summed E-state index contributed by atoms with van der Waals surface area (Å²) in [6, 6.07) is 0. The number of carboxylic acids is 1. The molecule has 0 aliphatic heterocycles. The number of hydrogen-bond acceptors (Lipinski definition) is 1. The molecule has 1 rings (SSSR count). The van der Waals surface area contributed by atoms with Crippen molar-refractivity contribution >= 4 is 17.6 Å². The smallest absolute Gasteiger partial charge is 0.303 e. The Balaban J connectivity index is 1.74. The Morgan fingerprint density at radius 2 is 1.08 bits per heavy atom. The summed E-state index contributed by atoms with van der Waals surface area (Å²) in [6.07, 6.45) is 24.8. The lowest BCUT2D eigenvalue weighted by Gasteiger charge is -2.31. The monoisotopic (exact) mass is 372 g/mol. The zero-order valence-electron chi connectivity index (χ0n) is 16.4. The van der Waals surface area contributed by atoms with Gasteiger partial charge in [0.2, 0.25) is 0 Å². The Morgan fingerprint density at radius 1 is 0.680 bits per heavy atom. The summed E-state index contributed by atoms with van der Waals surface area (Å²) in [7, 11) is 0. The zero-order valence-corrected chi connectivity index (χ0v) is 17.1. The number of unbranched alkanes of at least 4 members (excludes halogenated alkanes) is 12. The molecular formula is C22H41ClO2. The molecule has 0 aromatic rings. The second-order valence-electron chi connectivity index (χ2n) is 8.20. The van der Waals surface area contributed by atoms with E-state index in [0.717, 1.165) is 12.8 Å². The Morgan fingerprint density at radius 3 is 1.52 bits per heavy atom. The maximum Gasteiger partial charge on any atom is 0.303 e. The summed E-state index contributed by atoms with van der Waals surface area (Å²) in [6.45, 7) is 0. The van der Waals surface area contributed by atoms with Crippen LogP contribution < -0.4 is 0 Å². The van der Waals surface area contributed by atoms with Gasteiger partial charge >= 0.3 is 5.97 Å². The molecule has 1 fully saturated rings. The van der Waals surface area contributed by atoms with Gasteiger partial charge in [-0.2, -0.15) is 0 Å². The zero-order chi connectivity index (χ0) is 18.2. The van der Waals surface area contributed by atoms with Gasteiger partial charge in [-0.25, -0.2) is 0 Å². The first-order valence-corrected chi connectivity index (χ1v) is 11.4. The SMILES string of the molecule is O=C(O)CCCCCCCCCCCCCCCC1(Cl)CCCCC1. The van der Waals surface area contributed by atoms with Crippen LogP contribution in [-0.2, 0) is 4.79 Å². The standard InChI is InChI=1S/C22H41ClO2/c23-22(19-15-12-16-20-22)18-14-11-9-7-5-3-1-2-4-6-8-10-13-17-21(24)25/h1-20H2,(H,24,25). The molecule has 0 bridgehead atoms. The minimum Gasteiger partial charge on any atom is -0.481 e. The molecule has 1 N–H and O–H groups in total. The van der Waals surface area contributed by atoms with Gasteiger partial charge in [-0.15, -0.1) is 11.6 Å². The molecule has 1 aliphatic rings. The molecule has 0 spiro atoms. The molecule has 0 amide bonds. The summed E-state index contributed by atoms with van der Waals surface area (Å²) in [5.41, 5.74) is 0. The minimum absolute atomic E-state index is 0.159. The van der Waals surface area contributed by atoms with Gasteiger partial charge in [0.15, 0.2) is 0 Å².